The number of hydrogen-bond donors (Lipinski definition) is 0. The molecule has 0 bridgehead atoms. The van der Waals surface area contributed by atoms with E-state index in [1.54, 1.807) is 0 Å². The summed E-state index contributed by atoms with van der Waals surface area (Å²) < 4.78 is 0. The maximum Gasteiger partial charge on any atom is -0.0127 e. The Morgan fingerprint density at radius 3 is 2.05 bits per heavy atom. The molecule has 0 saturated heterocycles. The first-order valence-electron chi connectivity index (χ1n) is 7.39. The summed E-state index contributed by atoms with van der Waals surface area (Å²) in [6, 6.07) is 19.5. The highest BCUT2D eigenvalue weighted by Crippen LogP contribution is 2.51. The highest BCUT2D eigenvalue weighted by Gasteiger charge is 2.44. The molecule has 0 nitrogen and oxygen atoms in total. The number of allylic oxidation sites excluding steroid dienone is 4. The minimum absolute atomic E-state index is 0.781. The summed E-state index contributed by atoms with van der Waals surface area (Å²) in [6.45, 7) is 2.34. The topological polar surface area (TPSA) is 0 Å². The first kappa shape index (κ1) is 11.7. The highest BCUT2D eigenvalue weighted by molar-refractivity contribution is 5.78. The van der Waals surface area contributed by atoms with E-state index >= 15 is 0 Å². The molecule has 1 saturated carbocycles. The predicted molar refractivity (Wildman–Crippen MR) is 85.1 cm³/mol. The lowest BCUT2D eigenvalue weighted by atomic mass is 9.97. The Morgan fingerprint density at radius 1 is 0.700 bits per heavy atom. The fraction of sp³-hybridized carbons (Fsp3) is 0.200. The van der Waals surface area contributed by atoms with Gasteiger partial charge in [0, 0.05) is 0 Å². The lowest BCUT2D eigenvalue weighted by Gasteiger charge is -2.08. The minimum Gasteiger partial charge on any atom is -0.0799 e. The summed E-state index contributed by atoms with van der Waals surface area (Å²) >= 11 is 0. The van der Waals surface area contributed by atoms with Crippen LogP contribution >= 0.6 is 0 Å². The van der Waals surface area contributed by atoms with Crippen LogP contribution in [-0.2, 0) is 0 Å². The van der Waals surface area contributed by atoms with Crippen molar-refractivity contribution in [3.05, 3.63) is 78.4 Å². The molecule has 0 heterocycles. The van der Waals surface area contributed by atoms with Gasteiger partial charge in [-0.2, -0.15) is 0 Å². The SMILES string of the molecule is CC1C2C=CC(c3ccc(-c4ccccc4)cc3)=CC12. The van der Waals surface area contributed by atoms with E-state index in [2.05, 4.69) is 79.7 Å². The Kier molecular flexibility index (Phi) is 2.63. The fourth-order valence-electron chi connectivity index (χ4n) is 3.25. The molecule has 0 aliphatic heterocycles. The molecule has 20 heavy (non-hydrogen) atoms. The van der Waals surface area contributed by atoms with Crippen molar-refractivity contribution in [2.75, 3.05) is 0 Å². The smallest absolute Gasteiger partial charge is 0.0127 e. The predicted octanol–water partition coefficient (Wildman–Crippen LogP) is 5.19. The molecule has 0 amide bonds. The normalized spacial score (nSPS) is 26.9. The number of benzene rings is 2. The molecule has 0 N–H and O–H groups in total. The van der Waals surface area contributed by atoms with E-state index in [0.717, 1.165) is 17.8 Å². The lowest BCUT2D eigenvalue weighted by Crippen LogP contribution is -1.88. The molecule has 0 spiro atoms. The van der Waals surface area contributed by atoms with Gasteiger partial charge < -0.3 is 0 Å². The van der Waals surface area contributed by atoms with Gasteiger partial charge in [0.15, 0.2) is 0 Å². The van der Waals surface area contributed by atoms with Crippen molar-refractivity contribution in [3.63, 3.8) is 0 Å². The molecule has 3 atom stereocenters. The van der Waals surface area contributed by atoms with E-state index in [1.807, 2.05) is 0 Å². The lowest BCUT2D eigenvalue weighted by molar-refractivity contribution is 0.885. The molecule has 2 aliphatic rings. The highest BCUT2D eigenvalue weighted by atomic mass is 14.5. The maximum absolute atomic E-state index is 2.45. The third-order valence-electron chi connectivity index (χ3n) is 4.71. The Hall–Kier alpha value is -2.08. The van der Waals surface area contributed by atoms with Crippen LogP contribution in [0.1, 0.15) is 12.5 Å². The van der Waals surface area contributed by atoms with Crippen LogP contribution in [0.4, 0.5) is 0 Å². The molecule has 1 fully saturated rings. The molecule has 2 aromatic carbocycles. The zero-order valence-electron chi connectivity index (χ0n) is 11.7. The van der Waals surface area contributed by atoms with Gasteiger partial charge in [0.1, 0.15) is 0 Å². The Balaban J connectivity index is 1.63. The Labute approximate surface area is 120 Å². The Bertz CT molecular complexity index is 674. The molecule has 0 radical (unpaired) electrons. The average Bonchev–Trinajstić information content (AvgIpc) is 3.18. The van der Waals surface area contributed by atoms with E-state index in [4.69, 9.17) is 0 Å². The molecule has 2 aliphatic carbocycles. The zero-order chi connectivity index (χ0) is 13.5. The van der Waals surface area contributed by atoms with Gasteiger partial charge in [-0.25, -0.2) is 0 Å². The van der Waals surface area contributed by atoms with Gasteiger partial charge in [-0.05, 0) is 40.0 Å². The van der Waals surface area contributed by atoms with Crippen LogP contribution in [0, 0.1) is 17.8 Å². The summed E-state index contributed by atoms with van der Waals surface area (Å²) in [6.07, 6.45) is 7.13. The van der Waals surface area contributed by atoms with Crippen molar-refractivity contribution >= 4 is 5.57 Å². The van der Waals surface area contributed by atoms with Crippen LogP contribution in [0.5, 0.6) is 0 Å². The standard InChI is InChI=1S/C20H18/c1-14-19-12-11-18(13-20(14)19)17-9-7-16(8-10-17)15-5-3-2-4-6-15/h2-14,19-20H,1H3. The summed E-state index contributed by atoms with van der Waals surface area (Å²) in [5.74, 6) is 2.43. The molecule has 2 aromatic rings. The first-order chi connectivity index (χ1) is 9.83. The van der Waals surface area contributed by atoms with Crippen molar-refractivity contribution in [1.82, 2.24) is 0 Å². The fourth-order valence-corrected chi connectivity index (χ4v) is 3.25. The van der Waals surface area contributed by atoms with Gasteiger partial charge in [0.25, 0.3) is 0 Å². The van der Waals surface area contributed by atoms with E-state index in [9.17, 15) is 0 Å². The van der Waals surface area contributed by atoms with Crippen molar-refractivity contribution in [2.45, 2.75) is 6.92 Å². The molecule has 3 unspecified atom stereocenters. The van der Waals surface area contributed by atoms with Gasteiger partial charge in [-0.3, -0.25) is 0 Å². The van der Waals surface area contributed by atoms with Gasteiger partial charge >= 0.3 is 0 Å². The molecule has 0 heteroatoms. The monoisotopic (exact) mass is 258 g/mol. The number of fused-ring (bicyclic) bond motifs is 1. The van der Waals surface area contributed by atoms with Gasteiger partial charge in [0.05, 0.1) is 0 Å². The Morgan fingerprint density at radius 2 is 1.35 bits per heavy atom. The number of hydrogen-bond acceptors (Lipinski definition) is 0. The number of rotatable bonds is 2. The first-order valence-corrected chi connectivity index (χ1v) is 7.39. The average molecular weight is 258 g/mol. The van der Waals surface area contributed by atoms with E-state index in [1.165, 1.54) is 22.3 Å². The quantitative estimate of drug-likeness (QED) is 0.695. The summed E-state index contributed by atoms with van der Waals surface area (Å²) in [5.41, 5.74) is 5.28. The van der Waals surface area contributed by atoms with Gasteiger partial charge in [-0.15, -0.1) is 0 Å². The van der Waals surface area contributed by atoms with Crippen molar-refractivity contribution < 1.29 is 0 Å². The van der Waals surface area contributed by atoms with Gasteiger partial charge in [-0.1, -0.05) is 79.7 Å². The molecule has 98 valence electrons. The van der Waals surface area contributed by atoms with E-state index in [0.29, 0.717) is 0 Å². The second kappa shape index (κ2) is 4.49. The summed E-state index contributed by atoms with van der Waals surface area (Å²) in [7, 11) is 0. The van der Waals surface area contributed by atoms with Gasteiger partial charge in [0.2, 0.25) is 0 Å². The van der Waals surface area contributed by atoms with Crippen LogP contribution in [0.25, 0.3) is 16.7 Å². The largest absolute Gasteiger partial charge is 0.0799 e. The second-order valence-electron chi connectivity index (χ2n) is 5.94. The van der Waals surface area contributed by atoms with Crippen LogP contribution in [-0.4, -0.2) is 0 Å². The molecule has 4 rings (SSSR count). The van der Waals surface area contributed by atoms with Crippen molar-refractivity contribution in [3.8, 4) is 11.1 Å². The third-order valence-corrected chi connectivity index (χ3v) is 4.71. The summed E-state index contributed by atoms with van der Waals surface area (Å²) in [5, 5.41) is 0. The zero-order valence-corrected chi connectivity index (χ0v) is 11.7. The molecular formula is C20H18. The third kappa shape index (κ3) is 1.92. The van der Waals surface area contributed by atoms with E-state index < -0.39 is 0 Å². The van der Waals surface area contributed by atoms with Crippen LogP contribution in [0.15, 0.2) is 72.8 Å². The summed E-state index contributed by atoms with van der Waals surface area (Å²) in [4.78, 5) is 0. The maximum atomic E-state index is 2.45. The van der Waals surface area contributed by atoms with Crippen LogP contribution in [0.2, 0.25) is 0 Å². The molecular weight excluding hydrogens is 240 g/mol. The minimum atomic E-state index is 0.781. The van der Waals surface area contributed by atoms with Crippen LogP contribution < -0.4 is 0 Å². The van der Waals surface area contributed by atoms with E-state index in [-0.39, 0.29) is 0 Å². The molecule has 0 aromatic heterocycles. The van der Waals surface area contributed by atoms with Crippen LogP contribution in [0.3, 0.4) is 0 Å². The van der Waals surface area contributed by atoms with Crippen molar-refractivity contribution in [2.24, 2.45) is 17.8 Å². The second-order valence-corrected chi connectivity index (χ2v) is 5.94. The van der Waals surface area contributed by atoms with Crippen molar-refractivity contribution in [1.29, 1.82) is 0 Å².